The molecular weight excluding hydrogens is 390 g/mol. The quantitative estimate of drug-likeness (QED) is 0.771. The first kappa shape index (κ1) is 20.5. The van der Waals surface area contributed by atoms with Crippen LogP contribution in [-0.2, 0) is 4.79 Å². The van der Waals surface area contributed by atoms with E-state index in [-0.39, 0.29) is 12.4 Å². The van der Waals surface area contributed by atoms with Crippen molar-refractivity contribution in [2.45, 2.75) is 25.2 Å². The number of nitrogens with zero attached hydrogens (tertiary/aromatic N) is 2. The fraction of sp³-hybridized carbons (Fsp3) is 0.250. The van der Waals surface area contributed by atoms with Gasteiger partial charge in [0.25, 0.3) is 11.8 Å². The third-order valence-corrected chi connectivity index (χ3v) is 4.39. The maximum absolute atomic E-state index is 14.1. The van der Waals surface area contributed by atoms with Crippen LogP contribution in [0.15, 0.2) is 59.6 Å². The number of halogens is 4. The van der Waals surface area contributed by atoms with Crippen molar-refractivity contribution in [2.75, 3.05) is 6.54 Å². The molecule has 2 amide bonds. The number of hydrogen-bond acceptors (Lipinski definition) is 3. The largest absolute Gasteiger partial charge is 0.442 e. The van der Waals surface area contributed by atoms with E-state index in [1.807, 2.05) is 0 Å². The molecule has 3 rings (SSSR count). The number of rotatable bonds is 5. The number of benzene rings is 2. The van der Waals surface area contributed by atoms with Crippen LogP contribution < -0.4 is 5.32 Å². The predicted octanol–water partition coefficient (Wildman–Crippen LogP) is 3.51. The van der Waals surface area contributed by atoms with Gasteiger partial charge in [0, 0.05) is 12.1 Å². The Morgan fingerprint density at radius 2 is 1.72 bits per heavy atom. The minimum Gasteiger partial charge on any atom is -0.312 e. The van der Waals surface area contributed by atoms with Gasteiger partial charge in [-0.2, -0.15) is 13.2 Å². The van der Waals surface area contributed by atoms with Crippen molar-refractivity contribution in [3.63, 3.8) is 0 Å². The molecule has 2 aromatic rings. The van der Waals surface area contributed by atoms with Gasteiger partial charge < -0.3 is 5.32 Å². The number of alkyl halides is 3. The first-order valence-corrected chi connectivity index (χ1v) is 8.82. The Bertz CT molecular complexity index is 960. The van der Waals surface area contributed by atoms with Crippen LogP contribution in [0.25, 0.3) is 0 Å². The minimum absolute atomic E-state index is 0.0278. The molecule has 5 nitrogen and oxygen atoms in total. The second-order valence-corrected chi connectivity index (χ2v) is 6.40. The number of aliphatic imine (C=N–C) groups is 1. The van der Waals surface area contributed by atoms with E-state index in [4.69, 9.17) is 0 Å². The molecule has 1 N–H and O–H groups in total. The second kappa shape index (κ2) is 7.65. The summed E-state index contributed by atoms with van der Waals surface area (Å²) in [7, 11) is 0. The Balaban J connectivity index is 2.11. The van der Waals surface area contributed by atoms with Crippen LogP contribution in [0.3, 0.4) is 0 Å². The highest BCUT2D eigenvalue weighted by atomic mass is 19.4. The topological polar surface area (TPSA) is 61.8 Å². The fourth-order valence-corrected chi connectivity index (χ4v) is 3.01. The van der Waals surface area contributed by atoms with E-state index in [1.165, 1.54) is 24.3 Å². The molecule has 0 saturated heterocycles. The van der Waals surface area contributed by atoms with Gasteiger partial charge in [0.05, 0.1) is 5.56 Å². The standard InChI is InChI=1S/C20H17F4N3O2/c1-2-12-27-16(13-8-4-3-5-9-13)25-19(18(27)29,20(22,23)24)26-17(28)14-10-6-7-11-15(14)21/h3-11H,2,12H2,1H3,(H,26,28)/t19-/m0/s1. The molecular formula is C20H17F4N3O2. The Morgan fingerprint density at radius 1 is 1.10 bits per heavy atom. The van der Waals surface area contributed by atoms with Gasteiger partial charge in [-0.05, 0) is 18.6 Å². The third-order valence-electron chi connectivity index (χ3n) is 4.39. The Labute approximate surface area is 164 Å². The summed E-state index contributed by atoms with van der Waals surface area (Å²) in [5, 5.41) is 1.64. The molecule has 152 valence electrons. The molecule has 0 spiro atoms. The normalized spacial score (nSPS) is 19.3. The monoisotopic (exact) mass is 407 g/mol. The van der Waals surface area contributed by atoms with Gasteiger partial charge in [-0.15, -0.1) is 0 Å². The summed E-state index contributed by atoms with van der Waals surface area (Å²) in [6.45, 7) is 1.67. The van der Waals surface area contributed by atoms with Gasteiger partial charge in [-0.3, -0.25) is 14.5 Å². The Hall–Kier alpha value is -3.23. The molecule has 0 unspecified atom stereocenters. The summed E-state index contributed by atoms with van der Waals surface area (Å²) in [6.07, 6.45) is -4.87. The average molecular weight is 407 g/mol. The first-order valence-electron chi connectivity index (χ1n) is 8.82. The summed E-state index contributed by atoms with van der Waals surface area (Å²) < 4.78 is 56.1. The highest BCUT2D eigenvalue weighted by Gasteiger charge is 2.67. The van der Waals surface area contributed by atoms with Gasteiger partial charge in [-0.1, -0.05) is 49.4 Å². The maximum atomic E-state index is 14.1. The Kier molecular flexibility index (Phi) is 5.41. The van der Waals surface area contributed by atoms with Crippen LogP contribution in [0.5, 0.6) is 0 Å². The van der Waals surface area contributed by atoms with Crippen LogP contribution in [0.1, 0.15) is 29.3 Å². The number of carbonyl (C=O) groups is 2. The van der Waals surface area contributed by atoms with Crippen molar-refractivity contribution < 1.29 is 27.2 Å². The first-order chi connectivity index (χ1) is 13.7. The molecule has 1 heterocycles. The summed E-state index contributed by atoms with van der Waals surface area (Å²) in [5.74, 6) is -4.03. The van der Waals surface area contributed by atoms with Crippen molar-refractivity contribution >= 4 is 17.6 Å². The lowest BCUT2D eigenvalue weighted by Gasteiger charge is -2.29. The number of nitrogens with one attached hydrogen (secondary N) is 1. The summed E-state index contributed by atoms with van der Waals surface area (Å²) in [6, 6.07) is 12.4. The van der Waals surface area contributed by atoms with E-state index in [0.29, 0.717) is 12.0 Å². The number of hydrogen-bond donors (Lipinski definition) is 1. The Morgan fingerprint density at radius 3 is 2.31 bits per heavy atom. The van der Waals surface area contributed by atoms with E-state index in [0.717, 1.165) is 17.0 Å². The van der Waals surface area contributed by atoms with Crippen LogP contribution in [0.2, 0.25) is 0 Å². The van der Waals surface area contributed by atoms with Gasteiger partial charge >= 0.3 is 11.8 Å². The van der Waals surface area contributed by atoms with E-state index in [1.54, 1.807) is 30.4 Å². The van der Waals surface area contributed by atoms with Gasteiger partial charge in [-0.25, -0.2) is 9.38 Å². The third kappa shape index (κ3) is 3.59. The molecule has 1 aliphatic rings. The fourth-order valence-electron chi connectivity index (χ4n) is 3.01. The molecule has 2 aromatic carbocycles. The lowest BCUT2D eigenvalue weighted by atomic mass is 10.1. The number of amidine groups is 1. The van der Waals surface area contributed by atoms with E-state index in [9.17, 15) is 27.2 Å². The predicted molar refractivity (Wildman–Crippen MR) is 97.6 cm³/mol. The second-order valence-electron chi connectivity index (χ2n) is 6.40. The lowest BCUT2D eigenvalue weighted by Crippen LogP contribution is -2.63. The van der Waals surface area contributed by atoms with Gasteiger partial charge in [0.15, 0.2) is 0 Å². The molecule has 0 radical (unpaired) electrons. The molecule has 0 aliphatic carbocycles. The minimum atomic E-state index is -5.24. The number of amides is 2. The van der Waals surface area contributed by atoms with E-state index in [2.05, 4.69) is 4.99 Å². The van der Waals surface area contributed by atoms with Gasteiger partial charge in [0.2, 0.25) is 0 Å². The van der Waals surface area contributed by atoms with Gasteiger partial charge in [0.1, 0.15) is 11.7 Å². The molecule has 9 heteroatoms. The van der Waals surface area contributed by atoms with Crippen LogP contribution in [0.4, 0.5) is 17.6 Å². The molecule has 0 bridgehead atoms. The van der Waals surface area contributed by atoms with Crippen molar-refractivity contribution in [3.8, 4) is 0 Å². The summed E-state index contributed by atoms with van der Waals surface area (Å²) in [5.41, 5.74) is -3.86. The zero-order valence-corrected chi connectivity index (χ0v) is 15.3. The van der Waals surface area contributed by atoms with Crippen molar-refractivity contribution in [1.82, 2.24) is 10.2 Å². The van der Waals surface area contributed by atoms with E-state index >= 15 is 0 Å². The number of carbonyl (C=O) groups excluding carboxylic acids is 2. The van der Waals surface area contributed by atoms with Crippen LogP contribution in [-0.4, -0.2) is 40.9 Å². The van der Waals surface area contributed by atoms with Crippen LogP contribution >= 0.6 is 0 Å². The smallest absolute Gasteiger partial charge is 0.312 e. The SMILES string of the molecule is CCCN1C(=O)[C@](NC(=O)c2ccccc2F)(C(F)(F)F)N=C1c1ccccc1. The molecule has 0 fully saturated rings. The molecule has 1 atom stereocenters. The van der Waals surface area contributed by atoms with Crippen LogP contribution in [0, 0.1) is 5.82 Å². The highest BCUT2D eigenvalue weighted by molar-refractivity contribution is 6.16. The summed E-state index contributed by atoms with van der Waals surface area (Å²) >= 11 is 0. The van der Waals surface area contributed by atoms with Crippen molar-refractivity contribution in [1.29, 1.82) is 0 Å². The van der Waals surface area contributed by atoms with Crippen molar-refractivity contribution in [2.24, 2.45) is 4.99 Å². The highest BCUT2D eigenvalue weighted by Crippen LogP contribution is 2.38. The zero-order chi connectivity index (χ0) is 21.2. The van der Waals surface area contributed by atoms with Crippen molar-refractivity contribution in [3.05, 3.63) is 71.5 Å². The maximum Gasteiger partial charge on any atom is 0.442 e. The average Bonchev–Trinajstić information content (AvgIpc) is 2.96. The molecule has 0 aromatic heterocycles. The molecule has 0 saturated carbocycles. The zero-order valence-electron chi connectivity index (χ0n) is 15.3. The van der Waals surface area contributed by atoms with E-state index < -0.39 is 35.0 Å². The summed E-state index contributed by atoms with van der Waals surface area (Å²) in [4.78, 5) is 29.9. The lowest BCUT2D eigenvalue weighted by molar-refractivity contribution is -0.196. The molecule has 29 heavy (non-hydrogen) atoms. The molecule has 1 aliphatic heterocycles.